The predicted octanol–water partition coefficient (Wildman–Crippen LogP) is 3.29. The van der Waals surface area contributed by atoms with Gasteiger partial charge in [-0.15, -0.1) is 0 Å². The fraction of sp³-hybridized carbons (Fsp3) is 0.294. The first-order chi connectivity index (χ1) is 10.7. The summed E-state index contributed by atoms with van der Waals surface area (Å²) in [7, 11) is 0. The van der Waals surface area contributed by atoms with Crippen LogP contribution in [0.15, 0.2) is 42.7 Å². The highest BCUT2D eigenvalue weighted by atomic mass is 16.5. The smallest absolute Gasteiger partial charge is 0.319 e. The Bertz CT molecular complexity index is 594. The van der Waals surface area contributed by atoms with Gasteiger partial charge in [0.05, 0.1) is 18.5 Å². The molecule has 0 atom stereocenters. The van der Waals surface area contributed by atoms with E-state index in [1.807, 2.05) is 32.0 Å². The van der Waals surface area contributed by atoms with Crippen molar-refractivity contribution in [3.05, 3.63) is 53.9 Å². The van der Waals surface area contributed by atoms with E-state index in [4.69, 9.17) is 4.74 Å². The first kappa shape index (κ1) is 15.8. The first-order valence-electron chi connectivity index (χ1n) is 7.30. The SMILES string of the molecule is Cc1cccc(C)c1OCCCNC(=O)Nc1cccnc1. The number of amides is 2. The zero-order chi connectivity index (χ0) is 15.8. The largest absolute Gasteiger partial charge is 0.493 e. The standard InChI is InChI=1S/C17H21N3O2/c1-13-6-3-7-14(2)16(13)22-11-5-10-19-17(21)20-15-8-4-9-18-12-15/h3-4,6-9,12H,5,10-11H2,1-2H3,(H2,19,20,21). The number of carbonyl (C=O) groups excluding carboxylic acids is 1. The number of urea groups is 1. The van der Waals surface area contributed by atoms with Crippen LogP contribution in [0.1, 0.15) is 17.5 Å². The number of ether oxygens (including phenoxy) is 1. The number of aryl methyl sites for hydroxylation is 2. The minimum Gasteiger partial charge on any atom is -0.493 e. The second kappa shape index (κ2) is 8.02. The Kier molecular flexibility index (Phi) is 5.77. The van der Waals surface area contributed by atoms with E-state index in [0.717, 1.165) is 23.3 Å². The van der Waals surface area contributed by atoms with Crippen molar-refractivity contribution >= 4 is 11.7 Å². The summed E-state index contributed by atoms with van der Waals surface area (Å²) in [6.45, 7) is 5.18. The molecule has 2 amide bonds. The molecule has 1 aromatic heterocycles. The van der Waals surface area contributed by atoms with E-state index in [1.54, 1.807) is 24.5 Å². The number of aromatic nitrogens is 1. The van der Waals surface area contributed by atoms with Crippen molar-refractivity contribution in [2.24, 2.45) is 0 Å². The molecule has 0 aliphatic carbocycles. The van der Waals surface area contributed by atoms with Gasteiger partial charge in [0.15, 0.2) is 0 Å². The molecule has 0 saturated heterocycles. The van der Waals surface area contributed by atoms with Crippen LogP contribution in [0.4, 0.5) is 10.5 Å². The number of nitrogens with one attached hydrogen (secondary N) is 2. The van der Waals surface area contributed by atoms with Crippen LogP contribution < -0.4 is 15.4 Å². The molecule has 5 heteroatoms. The van der Waals surface area contributed by atoms with Crippen LogP contribution in [0.25, 0.3) is 0 Å². The van der Waals surface area contributed by atoms with Gasteiger partial charge in [-0.05, 0) is 43.5 Å². The Morgan fingerprint density at radius 1 is 1.18 bits per heavy atom. The molecule has 1 heterocycles. The highest BCUT2D eigenvalue weighted by Gasteiger charge is 2.03. The van der Waals surface area contributed by atoms with E-state index in [-0.39, 0.29) is 6.03 Å². The summed E-state index contributed by atoms with van der Waals surface area (Å²) < 4.78 is 5.79. The van der Waals surface area contributed by atoms with Crippen LogP contribution in [-0.4, -0.2) is 24.2 Å². The summed E-state index contributed by atoms with van der Waals surface area (Å²) in [6, 6.07) is 9.40. The lowest BCUT2D eigenvalue weighted by molar-refractivity contribution is 0.250. The third kappa shape index (κ3) is 4.77. The minimum atomic E-state index is -0.236. The molecule has 0 radical (unpaired) electrons. The number of carbonyl (C=O) groups is 1. The Labute approximate surface area is 130 Å². The lowest BCUT2D eigenvalue weighted by Gasteiger charge is -2.12. The molecular formula is C17H21N3O2. The number of rotatable bonds is 6. The first-order valence-corrected chi connectivity index (χ1v) is 7.30. The lowest BCUT2D eigenvalue weighted by Crippen LogP contribution is -2.30. The summed E-state index contributed by atoms with van der Waals surface area (Å²) in [6.07, 6.45) is 4.01. The zero-order valence-corrected chi connectivity index (χ0v) is 12.9. The van der Waals surface area contributed by atoms with E-state index in [9.17, 15) is 4.79 Å². The van der Waals surface area contributed by atoms with Gasteiger partial charge >= 0.3 is 6.03 Å². The Morgan fingerprint density at radius 2 is 1.95 bits per heavy atom. The fourth-order valence-corrected chi connectivity index (χ4v) is 2.09. The number of nitrogens with zero attached hydrogens (tertiary/aromatic N) is 1. The van der Waals surface area contributed by atoms with Crippen LogP contribution in [0.3, 0.4) is 0 Å². The highest BCUT2D eigenvalue weighted by Crippen LogP contribution is 2.22. The maximum atomic E-state index is 11.7. The van der Waals surface area contributed by atoms with E-state index < -0.39 is 0 Å². The maximum absolute atomic E-state index is 11.7. The van der Waals surface area contributed by atoms with Gasteiger partial charge in [0.1, 0.15) is 5.75 Å². The summed E-state index contributed by atoms with van der Waals surface area (Å²) in [4.78, 5) is 15.6. The van der Waals surface area contributed by atoms with E-state index in [2.05, 4.69) is 15.6 Å². The molecule has 0 unspecified atom stereocenters. The summed E-state index contributed by atoms with van der Waals surface area (Å²) in [5.41, 5.74) is 2.93. The molecule has 0 aliphatic heterocycles. The number of benzene rings is 1. The second-order valence-electron chi connectivity index (χ2n) is 5.05. The van der Waals surface area contributed by atoms with Crippen LogP contribution in [0.5, 0.6) is 5.75 Å². The molecule has 0 aliphatic rings. The highest BCUT2D eigenvalue weighted by molar-refractivity contribution is 5.88. The molecule has 2 aromatic rings. The van der Waals surface area contributed by atoms with Gasteiger partial charge in [0.2, 0.25) is 0 Å². The Balaban J connectivity index is 1.66. The molecule has 0 fully saturated rings. The number of hydrogen-bond acceptors (Lipinski definition) is 3. The number of para-hydroxylation sites is 1. The van der Waals surface area contributed by atoms with Crippen molar-refractivity contribution in [3.8, 4) is 5.75 Å². The number of hydrogen-bond donors (Lipinski definition) is 2. The van der Waals surface area contributed by atoms with Crippen LogP contribution in [-0.2, 0) is 0 Å². The molecule has 0 saturated carbocycles. The molecule has 0 bridgehead atoms. The summed E-state index contributed by atoms with van der Waals surface area (Å²) in [5, 5.41) is 5.50. The van der Waals surface area contributed by atoms with Gasteiger partial charge < -0.3 is 15.4 Å². The third-order valence-corrected chi connectivity index (χ3v) is 3.18. The number of anilines is 1. The summed E-state index contributed by atoms with van der Waals surface area (Å²) >= 11 is 0. The van der Waals surface area contributed by atoms with Gasteiger partial charge in [-0.25, -0.2) is 4.79 Å². The third-order valence-electron chi connectivity index (χ3n) is 3.18. The molecule has 2 N–H and O–H groups in total. The van der Waals surface area contributed by atoms with Gasteiger partial charge in [-0.1, -0.05) is 18.2 Å². The lowest BCUT2D eigenvalue weighted by atomic mass is 10.1. The molecule has 5 nitrogen and oxygen atoms in total. The van der Waals surface area contributed by atoms with E-state index in [0.29, 0.717) is 18.8 Å². The van der Waals surface area contributed by atoms with Crippen LogP contribution >= 0.6 is 0 Å². The topological polar surface area (TPSA) is 63.2 Å². The molecule has 22 heavy (non-hydrogen) atoms. The van der Waals surface area contributed by atoms with Gasteiger partial charge in [0, 0.05) is 12.7 Å². The van der Waals surface area contributed by atoms with E-state index >= 15 is 0 Å². The average Bonchev–Trinajstić information content (AvgIpc) is 2.50. The van der Waals surface area contributed by atoms with E-state index in [1.165, 1.54) is 0 Å². The monoisotopic (exact) mass is 299 g/mol. The van der Waals surface area contributed by atoms with Gasteiger partial charge in [-0.3, -0.25) is 4.98 Å². The average molecular weight is 299 g/mol. The molecule has 116 valence electrons. The molecule has 1 aromatic carbocycles. The Morgan fingerprint density at radius 3 is 2.64 bits per heavy atom. The fourth-order valence-electron chi connectivity index (χ4n) is 2.09. The van der Waals surface area contributed by atoms with Crippen molar-refractivity contribution in [2.45, 2.75) is 20.3 Å². The molecular weight excluding hydrogens is 278 g/mol. The predicted molar refractivity (Wildman–Crippen MR) is 87.3 cm³/mol. The van der Waals surface area contributed by atoms with Gasteiger partial charge in [-0.2, -0.15) is 0 Å². The van der Waals surface area contributed by atoms with Crippen molar-refractivity contribution in [1.29, 1.82) is 0 Å². The normalized spacial score (nSPS) is 10.1. The zero-order valence-electron chi connectivity index (χ0n) is 12.9. The maximum Gasteiger partial charge on any atom is 0.319 e. The molecule has 0 spiro atoms. The Hall–Kier alpha value is -2.56. The molecule has 2 rings (SSSR count). The summed E-state index contributed by atoms with van der Waals surface area (Å²) in [5.74, 6) is 0.933. The number of pyridine rings is 1. The second-order valence-corrected chi connectivity index (χ2v) is 5.05. The quantitative estimate of drug-likeness (QED) is 0.805. The van der Waals surface area contributed by atoms with Crippen molar-refractivity contribution < 1.29 is 9.53 Å². The van der Waals surface area contributed by atoms with Crippen molar-refractivity contribution in [3.63, 3.8) is 0 Å². The van der Waals surface area contributed by atoms with Crippen LogP contribution in [0.2, 0.25) is 0 Å². The minimum absolute atomic E-state index is 0.236. The van der Waals surface area contributed by atoms with Crippen molar-refractivity contribution in [1.82, 2.24) is 10.3 Å². The van der Waals surface area contributed by atoms with Crippen LogP contribution in [0, 0.1) is 13.8 Å². The van der Waals surface area contributed by atoms with Crippen molar-refractivity contribution in [2.75, 3.05) is 18.5 Å². The van der Waals surface area contributed by atoms with Gasteiger partial charge in [0.25, 0.3) is 0 Å².